The van der Waals surface area contributed by atoms with Gasteiger partial charge in [0.25, 0.3) is 5.91 Å². The van der Waals surface area contributed by atoms with Crippen molar-refractivity contribution in [3.05, 3.63) is 59.9 Å². The Kier molecular flexibility index (Phi) is 3.69. The lowest BCUT2D eigenvalue weighted by molar-refractivity contribution is 0.0741. The summed E-state index contributed by atoms with van der Waals surface area (Å²) in [5.41, 5.74) is 2.88. The summed E-state index contributed by atoms with van der Waals surface area (Å²) in [6, 6.07) is 14.0. The maximum atomic E-state index is 12.8. The van der Waals surface area contributed by atoms with Crippen molar-refractivity contribution in [2.75, 3.05) is 31.1 Å². The maximum Gasteiger partial charge on any atom is 0.270 e. The molecule has 1 fully saturated rings. The highest BCUT2D eigenvalue weighted by Gasteiger charge is 2.23. The van der Waals surface area contributed by atoms with Crippen molar-refractivity contribution in [1.82, 2.24) is 14.9 Å². The van der Waals surface area contributed by atoms with E-state index in [4.69, 9.17) is 0 Å². The molecule has 0 spiro atoms. The molecule has 1 aliphatic heterocycles. The van der Waals surface area contributed by atoms with Crippen molar-refractivity contribution >= 4 is 22.6 Å². The Morgan fingerprint density at radius 3 is 2.62 bits per heavy atom. The van der Waals surface area contributed by atoms with Gasteiger partial charge in [0.1, 0.15) is 11.5 Å². The molecule has 0 aliphatic carbocycles. The molecular formula is C19H20N4O. The van der Waals surface area contributed by atoms with Crippen molar-refractivity contribution in [1.29, 1.82) is 0 Å². The Morgan fingerprint density at radius 2 is 1.92 bits per heavy atom. The fourth-order valence-electron chi connectivity index (χ4n) is 3.27. The number of para-hydroxylation sites is 1. The Bertz CT molecular complexity index is 863. The fraction of sp³-hybridized carbons (Fsp3) is 0.263. The predicted octanol–water partition coefficient (Wildman–Crippen LogP) is 2.83. The number of anilines is 1. The largest absolute Gasteiger partial charge is 0.353 e. The van der Waals surface area contributed by atoms with Crippen LogP contribution < -0.4 is 4.90 Å². The molecule has 122 valence electrons. The SMILES string of the molecule is Cc1cccc2cc(C(=O)N3CCN(c4ccccn4)CC3)[nH]c12. The minimum atomic E-state index is 0.0753. The summed E-state index contributed by atoms with van der Waals surface area (Å²) in [6.45, 7) is 5.09. The molecule has 24 heavy (non-hydrogen) atoms. The smallest absolute Gasteiger partial charge is 0.270 e. The van der Waals surface area contributed by atoms with Gasteiger partial charge >= 0.3 is 0 Å². The first-order valence-electron chi connectivity index (χ1n) is 8.26. The van der Waals surface area contributed by atoms with Gasteiger partial charge in [0.05, 0.1) is 0 Å². The molecule has 0 radical (unpaired) electrons. The zero-order valence-corrected chi connectivity index (χ0v) is 13.7. The summed E-state index contributed by atoms with van der Waals surface area (Å²) in [7, 11) is 0. The zero-order chi connectivity index (χ0) is 16.5. The number of amides is 1. The highest BCUT2D eigenvalue weighted by molar-refractivity contribution is 5.98. The molecule has 4 rings (SSSR count). The lowest BCUT2D eigenvalue weighted by atomic mass is 10.2. The van der Waals surface area contributed by atoms with E-state index in [1.54, 1.807) is 6.20 Å². The van der Waals surface area contributed by atoms with E-state index in [-0.39, 0.29) is 5.91 Å². The third kappa shape index (κ3) is 2.62. The van der Waals surface area contributed by atoms with E-state index in [2.05, 4.69) is 27.9 Å². The van der Waals surface area contributed by atoms with Gasteiger partial charge in [-0.25, -0.2) is 4.98 Å². The number of rotatable bonds is 2. The molecule has 0 unspecified atom stereocenters. The molecule has 1 aromatic carbocycles. The lowest BCUT2D eigenvalue weighted by Crippen LogP contribution is -2.49. The highest BCUT2D eigenvalue weighted by atomic mass is 16.2. The number of nitrogens with zero attached hydrogens (tertiary/aromatic N) is 3. The van der Waals surface area contributed by atoms with Crippen LogP contribution >= 0.6 is 0 Å². The van der Waals surface area contributed by atoms with Gasteiger partial charge in [-0.2, -0.15) is 0 Å². The first kappa shape index (κ1) is 14.8. The summed E-state index contributed by atoms with van der Waals surface area (Å²) in [5.74, 6) is 1.05. The molecule has 0 saturated carbocycles. The lowest BCUT2D eigenvalue weighted by Gasteiger charge is -2.35. The minimum Gasteiger partial charge on any atom is -0.353 e. The number of aromatic nitrogens is 2. The molecule has 3 aromatic rings. The van der Waals surface area contributed by atoms with Gasteiger partial charge in [0.2, 0.25) is 0 Å². The molecule has 3 heterocycles. The number of hydrogen-bond acceptors (Lipinski definition) is 3. The van der Waals surface area contributed by atoms with Crippen LogP contribution in [0.25, 0.3) is 10.9 Å². The third-order valence-corrected chi connectivity index (χ3v) is 4.64. The summed E-state index contributed by atoms with van der Waals surface area (Å²) in [5, 5.41) is 1.09. The number of fused-ring (bicyclic) bond motifs is 1. The van der Waals surface area contributed by atoms with E-state index in [1.807, 2.05) is 41.3 Å². The van der Waals surface area contributed by atoms with Gasteiger partial charge < -0.3 is 14.8 Å². The Hall–Kier alpha value is -2.82. The van der Waals surface area contributed by atoms with Crippen molar-refractivity contribution < 1.29 is 4.79 Å². The average molecular weight is 320 g/mol. The molecule has 5 heteroatoms. The van der Waals surface area contributed by atoms with Gasteiger partial charge in [-0.15, -0.1) is 0 Å². The topological polar surface area (TPSA) is 52.2 Å². The van der Waals surface area contributed by atoms with Crippen molar-refractivity contribution in [3.8, 4) is 0 Å². The quantitative estimate of drug-likeness (QED) is 0.790. The summed E-state index contributed by atoms with van der Waals surface area (Å²) < 4.78 is 0. The number of carbonyl (C=O) groups excluding carboxylic acids is 1. The summed E-state index contributed by atoms with van der Waals surface area (Å²) >= 11 is 0. The normalized spacial score (nSPS) is 15.0. The molecule has 1 amide bonds. The van der Waals surface area contributed by atoms with Crippen molar-refractivity contribution in [2.24, 2.45) is 0 Å². The molecule has 1 aliphatic rings. The van der Waals surface area contributed by atoms with Crippen LogP contribution in [0.5, 0.6) is 0 Å². The number of aromatic amines is 1. The molecule has 0 atom stereocenters. The van der Waals surface area contributed by atoms with Crippen LogP contribution in [0, 0.1) is 6.92 Å². The molecule has 1 N–H and O–H groups in total. The average Bonchev–Trinajstić information content (AvgIpc) is 3.08. The maximum absolute atomic E-state index is 12.8. The van der Waals surface area contributed by atoms with Crippen LogP contribution in [-0.4, -0.2) is 47.0 Å². The Labute approximate surface area is 140 Å². The van der Waals surface area contributed by atoms with E-state index >= 15 is 0 Å². The number of hydrogen-bond donors (Lipinski definition) is 1. The molecule has 1 saturated heterocycles. The predicted molar refractivity (Wildman–Crippen MR) is 95.4 cm³/mol. The number of aryl methyl sites for hydroxylation is 1. The fourth-order valence-corrected chi connectivity index (χ4v) is 3.27. The van der Waals surface area contributed by atoms with Gasteiger partial charge in [0, 0.05) is 43.3 Å². The van der Waals surface area contributed by atoms with Crippen LogP contribution in [0.1, 0.15) is 16.1 Å². The standard InChI is InChI=1S/C19H20N4O/c1-14-5-4-6-15-13-16(21-18(14)15)19(24)23-11-9-22(10-12-23)17-7-2-3-8-20-17/h2-8,13,21H,9-12H2,1H3. The first-order valence-corrected chi connectivity index (χ1v) is 8.26. The van der Waals surface area contributed by atoms with E-state index in [0.29, 0.717) is 18.8 Å². The van der Waals surface area contributed by atoms with Crippen LogP contribution in [0.4, 0.5) is 5.82 Å². The third-order valence-electron chi connectivity index (χ3n) is 4.64. The van der Waals surface area contributed by atoms with Gasteiger partial charge in [0.15, 0.2) is 0 Å². The van der Waals surface area contributed by atoms with Crippen LogP contribution in [0.15, 0.2) is 48.7 Å². The number of carbonyl (C=O) groups is 1. The summed E-state index contributed by atoms with van der Waals surface area (Å²) in [4.78, 5) is 24.6. The second kappa shape index (κ2) is 6.00. The first-order chi connectivity index (χ1) is 11.7. The Morgan fingerprint density at radius 1 is 1.08 bits per heavy atom. The summed E-state index contributed by atoms with van der Waals surface area (Å²) in [6.07, 6.45) is 1.81. The van der Waals surface area contributed by atoms with Crippen LogP contribution in [-0.2, 0) is 0 Å². The van der Waals surface area contributed by atoms with E-state index in [9.17, 15) is 4.79 Å². The molecule has 5 nitrogen and oxygen atoms in total. The van der Waals surface area contributed by atoms with Gasteiger partial charge in [-0.3, -0.25) is 4.79 Å². The molecule has 0 bridgehead atoms. The van der Waals surface area contributed by atoms with Crippen molar-refractivity contribution in [2.45, 2.75) is 6.92 Å². The number of nitrogens with one attached hydrogen (secondary N) is 1. The number of pyridine rings is 1. The minimum absolute atomic E-state index is 0.0753. The highest BCUT2D eigenvalue weighted by Crippen LogP contribution is 2.20. The van der Waals surface area contributed by atoms with Gasteiger partial charge in [-0.05, 0) is 30.7 Å². The molecular weight excluding hydrogens is 300 g/mol. The van der Waals surface area contributed by atoms with Crippen LogP contribution in [0.2, 0.25) is 0 Å². The number of H-pyrrole nitrogens is 1. The second-order valence-corrected chi connectivity index (χ2v) is 6.19. The number of benzene rings is 1. The second-order valence-electron chi connectivity index (χ2n) is 6.19. The van der Waals surface area contributed by atoms with E-state index < -0.39 is 0 Å². The van der Waals surface area contributed by atoms with Crippen molar-refractivity contribution in [3.63, 3.8) is 0 Å². The Balaban J connectivity index is 1.48. The number of piperazine rings is 1. The van der Waals surface area contributed by atoms with Gasteiger partial charge in [-0.1, -0.05) is 24.3 Å². The van der Waals surface area contributed by atoms with Crippen LogP contribution in [0.3, 0.4) is 0 Å². The van der Waals surface area contributed by atoms with E-state index in [1.165, 1.54) is 0 Å². The molecule has 2 aromatic heterocycles. The van der Waals surface area contributed by atoms with E-state index in [0.717, 1.165) is 35.4 Å². The zero-order valence-electron chi connectivity index (χ0n) is 13.7. The monoisotopic (exact) mass is 320 g/mol.